The predicted octanol–water partition coefficient (Wildman–Crippen LogP) is 2.59. The molecule has 2 aliphatic rings. The third-order valence-electron chi connectivity index (χ3n) is 4.40. The third-order valence-corrected chi connectivity index (χ3v) is 4.40. The Morgan fingerprint density at radius 1 is 1.10 bits per heavy atom. The van der Waals surface area contributed by atoms with Crippen LogP contribution in [0.1, 0.15) is 58.3 Å². The fourth-order valence-corrected chi connectivity index (χ4v) is 3.06. The quantitative estimate of drug-likeness (QED) is 0.740. The van der Waals surface area contributed by atoms with Gasteiger partial charge in [0.25, 0.3) is 0 Å². The first-order valence-electron chi connectivity index (χ1n) is 8.57. The van der Waals surface area contributed by atoms with Crippen molar-refractivity contribution in [1.82, 2.24) is 10.6 Å². The molecule has 1 aliphatic heterocycles. The highest BCUT2D eigenvalue weighted by Gasteiger charge is 2.26. The Bertz CT molecular complexity index is 298. The van der Waals surface area contributed by atoms with E-state index >= 15 is 0 Å². The number of amides is 1. The van der Waals surface area contributed by atoms with Gasteiger partial charge >= 0.3 is 6.09 Å². The van der Waals surface area contributed by atoms with Crippen molar-refractivity contribution in [2.45, 2.75) is 76.5 Å². The summed E-state index contributed by atoms with van der Waals surface area (Å²) in [4.78, 5) is 11.6. The van der Waals surface area contributed by atoms with Gasteiger partial charge in [-0.25, -0.2) is 4.79 Å². The highest BCUT2D eigenvalue weighted by molar-refractivity contribution is 5.67. The molecule has 0 aromatic rings. The minimum Gasteiger partial charge on any atom is -0.450 e. The summed E-state index contributed by atoms with van der Waals surface area (Å²) < 4.78 is 11.3. The van der Waals surface area contributed by atoms with E-state index in [1.165, 1.54) is 0 Å². The maximum Gasteiger partial charge on any atom is 0.407 e. The van der Waals surface area contributed by atoms with Crippen molar-refractivity contribution >= 4 is 6.09 Å². The monoisotopic (exact) mass is 298 g/mol. The van der Waals surface area contributed by atoms with E-state index in [0.717, 1.165) is 64.5 Å². The van der Waals surface area contributed by atoms with E-state index in [1.54, 1.807) is 0 Å². The van der Waals surface area contributed by atoms with E-state index < -0.39 is 0 Å². The van der Waals surface area contributed by atoms with Crippen molar-refractivity contribution in [3.05, 3.63) is 0 Å². The number of ether oxygens (including phenoxy) is 2. The first-order valence-corrected chi connectivity index (χ1v) is 8.57. The van der Waals surface area contributed by atoms with Gasteiger partial charge in [0.05, 0.1) is 18.8 Å². The van der Waals surface area contributed by atoms with Gasteiger partial charge in [-0.05, 0) is 58.0 Å². The molecule has 0 atom stereocenters. The molecule has 1 saturated heterocycles. The fraction of sp³-hybridized carbons (Fsp3) is 0.938. The standard InChI is InChI=1S/C16H30N2O3/c1-2-3-12-20-16(19)18-13-4-6-14(7-5-13)21-15-8-10-17-11-9-15/h13-15,17H,2-12H2,1H3,(H,18,19). The van der Waals surface area contributed by atoms with Crippen molar-refractivity contribution in [1.29, 1.82) is 0 Å². The van der Waals surface area contributed by atoms with Crippen LogP contribution in [0.2, 0.25) is 0 Å². The van der Waals surface area contributed by atoms with Crippen LogP contribution in [0.15, 0.2) is 0 Å². The lowest BCUT2D eigenvalue weighted by atomic mass is 9.92. The molecule has 1 amide bonds. The van der Waals surface area contributed by atoms with E-state index in [1.807, 2.05) is 0 Å². The van der Waals surface area contributed by atoms with Crippen molar-refractivity contribution in [3.63, 3.8) is 0 Å². The number of carbonyl (C=O) groups excluding carboxylic acids is 1. The predicted molar refractivity (Wildman–Crippen MR) is 82.4 cm³/mol. The number of hydrogen-bond donors (Lipinski definition) is 2. The molecular formula is C16H30N2O3. The lowest BCUT2D eigenvalue weighted by Crippen LogP contribution is -2.41. The molecular weight excluding hydrogens is 268 g/mol. The normalized spacial score (nSPS) is 27.3. The second-order valence-corrected chi connectivity index (χ2v) is 6.19. The molecule has 2 fully saturated rings. The summed E-state index contributed by atoms with van der Waals surface area (Å²) in [5.74, 6) is 0. The summed E-state index contributed by atoms with van der Waals surface area (Å²) in [7, 11) is 0. The van der Waals surface area contributed by atoms with E-state index in [-0.39, 0.29) is 12.1 Å². The van der Waals surface area contributed by atoms with Crippen molar-refractivity contribution in [2.24, 2.45) is 0 Å². The highest BCUT2D eigenvalue weighted by Crippen LogP contribution is 2.24. The van der Waals surface area contributed by atoms with Crippen LogP contribution >= 0.6 is 0 Å². The van der Waals surface area contributed by atoms with Crippen LogP contribution in [0.25, 0.3) is 0 Å². The van der Waals surface area contributed by atoms with Gasteiger partial charge in [0.1, 0.15) is 0 Å². The van der Waals surface area contributed by atoms with Gasteiger partial charge in [-0.1, -0.05) is 13.3 Å². The number of alkyl carbamates (subject to hydrolysis) is 1. The molecule has 0 spiro atoms. The van der Waals surface area contributed by atoms with E-state index in [2.05, 4.69) is 17.6 Å². The molecule has 5 nitrogen and oxygen atoms in total. The summed E-state index contributed by atoms with van der Waals surface area (Å²) in [6, 6.07) is 0.256. The molecule has 2 rings (SSSR count). The van der Waals surface area contributed by atoms with Crippen LogP contribution in [0.5, 0.6) is 0 Å². The summed E-state index contributed by atoms with van der Waals surface area (Å²) >= 11 is 0. The Morgan fingerprint density at radius 3 is 2.43 bits per heavy atom. The zero-order chi connectivity index (χ0) is 14.9. The van der Waals surface area contributed by atoms with Crippen LogP contribution in [-0.4, -0.2) is 44.0 Å². The first-order chi connectivity index (χ1) is 10.3. The van der Waals surface area contributed by atoms with E-state index in [0.29, 0.717) is 18.8 Å². The van der Waals surface area contributed by atoms with Gasteiger partial charge in [-0.15, -0.1) is 0 Å². The number of nitrogens with one attached hydrogen (secondary N) is 2. The van der Waals surface area contributed by atoms with Gasteiger partial charge in [-0.3, -0.25) is 0 Å². The number of unbranched alkanes of at least 4 members (excludes halogenated alkanes) is 1. The Hall–Kier alpha value is -0.810. The molecule has 0 radical (unpaired) electrons. The molecule has 1 heterocycles. The number of hydrogen-bond acceptors (Lipinski definition) is 4. The molecule has 2 N–H and O–H groups in total. The number of piperidine rings is 1. The third kappa shape index (κ3) is 6.22. The van der Waals surface area contributed by atoms with Gasteiger partial charge in [0.15, 0.2) is 0 Å². The molecule has 1 saturated carbocycles. The minimum atomic E-state index is -0.258. The summed E-state index contributed by atoms with van der Waals surface area (Å²) in [5.41, 5.74) is 0. The SMILES string of the molecule is CCCCOC(=O)NC1CCC(OC2CCNCC2)CC1. The van der Waals surface area contributed by atoms with E-state index in [9.17, 15) is 4.79 Å². The molecule has 0 unspecified atom stereocenters. The maximum absolute atomic E-state index is 11.6. The van der Waals surface area contributed by atoms with Crippen molar-refractivity contribution in [3.8, 4) is 0 Å². The fourth-order valence-electron chi connectivity index (χ4n) is 3.06. The van der Waals surface area contributed by atoms with Crippen molar-refractivity contribution < 1.29 is 14.3 Å². The molecule has 5 heteroatoms. The summed E-state index contributed by atoms with van der Waals surface area (Å²) in [6.45, 7) is 4.76. The second kappa shape index (κ2) is 9.26. The Morgan fingerprint density at radius 2 is 1.76 bits per heavy atom. The van der Waals surface area contributed by atoms with Crippen molar-refractivity contribution in [2.75, 3.05) is 19.7 Å². The molecule has 0 aromatic carbocycles. The summed E-state index contributed by atoms with van der Waals surface area (Å²) in [5, 5.41) is 6.34. The van der Waals surface area contributed by atoms with Crippen LogP contribution in [0.3, 0.4) is 0 Å². The average Bonchev–Trinajstić information content (AvgIpc) is 2.51. The topological polar surface area (TPSA) is 59.6 Å². The first kappa shape index (κ1) is 16.6. The molecule has 1 aliphatic carbocycles. The lowest BCUT2D eigenvalue weighted by molar-refractivity contribution is -0.0452. The molecule has 0 bridgehead atoms. The van der Waals surface area contributed by atoms with Crippen LogP contribution in [0, 0.1) is 0 Å². The molecule has 21 heavy (non-hydrogen) atoms. The Balaban J connectivity index is 1.58. The van der Waals surface area contributed by atoms with Crippen LogP contribution in [-0.2, 0) is 9.47 Å². The van der Waals surface area contributed by atoms with Gasteiger partial charge in [0.2, 0.25) is 0 Å². The zero-order valence-corrected chi connectivity index (χ0v) is 13.2. The van der Waals surface area contributed by atoms with Gasteiger partial charge in [-0.2, -0.15) is 0 Å². The van der Waals surface area contributed by atoms with Crippen LogP contribution in [0.4, 0.5) is 4.79 Å². The number of rotatable bonds is 6. The van der Waals surface area contributed by atoms with Gasteiger partial charge < -0.3 is 20.1 Å². The maximum atomic E-state index is 11.6. The molecule has 0 aromatic heterocycles. The highest BCUT2D eigenvalue weighted by atomic mass is 16.5. The lowest BCUT2D eigenvalue weighted by Gasteiger charge is -2.33. The van der Waals surface area contributed by atoms with E-state index in [4.69, 9.17) is 9.47 Å². The zero-order valence-electron chi connectivity index (χ0n) is 13.2. The Labute approximate surface area is 128 Å². The smallest absolute Gasteiger partial charge is 0.407 e. The largest absolute Gasteiger partial charge is 0.450 e. The Kier molecular flexibility index (Phi) is 7.30. The average molecular weight is 298 g/mol. The number of carbonyl (C=O) groups is 1. The second-order valence-electron chi connectivity index (χ2n) is 6.19. The van der Waals surface area contributed by atoms with Gasteiger partial charge in [0, 0.05) is 6.04 Å². The van der Waals surface area contributed by atoms with Crippen LogP contribution < -0.4 is 10.6 Å². The summed E-state index contributed by atoms with van der Waals surface area (Å²) in [6.07, 6.45) is 8.87. The minimum absolute atomic E-state index is 0.256. The molecule has 122 valence electrons.